The lowest BCUT2D eigenvalue weighted by Gasteiger charge is -2.25. The van der Waals surface area contributed by atoms with E-state index < -0.39 is 5.76 Å². The highest BCUT2D eigenvalue weighted by Gasteiger charge is 2.22. The SMILES string of the molecule is CCCN(Cc1ccc(-c2ccccc2-c2noc(=O)[nH]2)cc1)c1c(C(=O)OCC)cnn1C. The van der Waals surface area contributed by atoms with Crippen LogP contribution < -0.4 is 10.7 Å². The van der Waals surface area contributed by atoms with Gasteiger partial charge in [0.15, 0.2) is 5.82 Å². The quantitative estimate of drug-likeness (QED) is 0.375. The van der Waals surface area contributed by atoms with E-state index in [9.17, 15) is 9.59 Å². The molecule has 2 heterocycles. The monoisotopic (exact) mass is 461 g/mol. The molecule has 0 aliphatic rings. The standard InChI is InChI=1S/C25H27N5O4/c1-4-14-30(23-21(15-26-29(23)3)24(31)33-5-2)16-17-10-12-18(13-11-17)19-8-6-7-9-20(19)22-27-25(32)34-28-22/h6-13,15H,4-5,14,16H2,1-3H3,(H,27,28,32). The number of nitrogens with zero attached hydrogens (tertiary/aromatic N) is 4. The van der Waals surface area contributed by atoms with Crippen LogP contribution in [0, 0.1) is 0 Å². The highest BCUT2D eigenvalue weighted by atomic mass is 16.5. The van der Waals surface area contributed by atoms with Gasteiger partial charge in [-0.05, 0) is 30.0 Å². The normalized spacial score (nSPS) is 10.9. The highest BCUT2D eigenvalue weighted by Crippen LogP contribution is 2.30. The van der Waals surface area contributed by atoms with Gasteiger partial charge in [0.2, 0.25) is 0 Å². The first kappa shape index (κ1) is 23.0. The number of esters is 1. The van der Waals surface area contributed by atoms with Gasteiger partial charge in [0.05, 0.1) is 12.8 Å². The molecule has 0 amide bonds. The lowest BCUT2D eigenvalue weighted by molar-refractivity contribution is 0.0527. The van der Waals surface area contributed by atoms with E-state index in [2.05, 4.69) is 43.7 Å². The van der Waals surface area contributed by atoms with Crippen LogP contribution in [-0.4, -0.2) is 39.0 Å². The number of nitrogens with one attached hydrogen (secondary N) is 1. The lowest BCUT2D eigenvalue weighted by atomic mass is 9.98. The summed E-state index contributed by atoms with van der Waals surface area (Å²) in [7, 11) is 1.83. The number of aromatic nitrogens is 4. The van der Waals surface area contributed by atoms with Crippen molar-refractivity contribution in [3.8, 4) is 22.5 Å². The van der Waals surface area contributed by atoms with Crippen LogP contribution in [0.25, 0.3) is 22.5 Å². The molecular weight excluding hydrogens is 434 g/mol. The maximum Gasteiger partial charge on any atom is 0.439 e. The van der Waals surface area contributed by atoms with Crippen molar-refractivity contribution in [3.63, 3.8) is 0 Å². The van der Waals surface area contributed by atoms with Crippen molar-refractivity contribution in [1.82, 2.24) is 19.9 Å². The van der Waals surface area contributed by atoms with Gasteiger partial charge in [-0.2, -0.15) is 5.10 Å². The van der Waals surface area contributed by atoms with E-state index in [0.29, 0.717) is 24.5 Å². The Morgan fingerprint density at radius 2 is 1.85 bits per heavy atom. The first-order valence-corrected chi connectivity index (χ1v) is 11.2. The minimum absolute atomic E-state index is 0.312. The largest absolute Gasteiger partial charge is 0.462 e. The third-order valence-electron chi connectivity index (χ3n) is 5.46. The molecule has 4 aromatic rings. The zero-order valence-corrected chi connectivity index (χ0v) is 19.4. The molecule has 0 aliphatic heterocycles. The highest BCUT2D eigenvalue weighted by molar-refractivity contribution is 5.94. The van der Waals surface area contributed by atoms with Crippen molar-refractivity contribution >= 4 is 11.8 Å². The van der Waals surface area contributed by atoms with E-state index in [1.54, 1.807) is 17.8 Å². The summed E-state index contributed by atoms with van der Waals surface area (Å²) < 4.78 is 11.6. The second-order valence-electron chi connectivity index (χ2n) is 7.83. The predicted octanol–water partition coefficient (Wildman–Crippen LogP) is 4.02. The van der Waals surface area contributed by atoms with Gasteiger partial charge in [-0.15, -0.1) is 0 Å². The van der Waals surface area contributed by atoms with Crippen LogP contribution >= 0.6 is 0 Å². The Hall–Kier alpha value is -4.14. The summed E-state index contributed by atoms with van der Waals surface area (Å²) in [6.07, 6.45) is 2.47. The van der Waals surface area contributed by atoms with Gasteiger partial charge in [0, 0.05) is 25.7 Å². The van der Waals surface area contributed by atoms with Gasteiger partial charge >= 0.3 is 11.7 Å². The molecule has 2 aromatic heterocycles. The second kappa shape index (κ2) is 10.2. The zero-order chi connectivity index (χ0) is 24.1. The van der Waals surface area contributed by atoms with Crippen LogP contribution in [-0.2, 0) is 18.3 Å². The van der Waals surface area contributed by atoms with E-state index in [4.69, 9.17) is 4.74 Å². The van der Waals surface area contributed by atoms with Gasteiger partial charge in [0.1, 0.15) is 11.4 Å². The van der Waals surface area contributed by atoms with Crippen molar-refractivity contribution in [2.24, 2.45) is 7.05 Å². The van der Waals surface area contributed by atoms with Gasteiger partial charge in [-0.1, -0.05) is 60.6 Å². The Labute approximate surface area is 197 Å². The molecule has 1 N–H and O–H groups in total. The molecule has 0 atom stereocenters. The maximum absolute atomic E-state index is 12.5. The van der Waals surface area contributed by atoms with E-state index in [1.807, 2.05) is 43.4 Å². The number of aryl methyl sites for hydroxylation is 1. The predicted molar refractivity (Wildman–Crippen MR) is 129 cm³/mol. The van der Waals surface area contributed by atoms with E-state index in [1.165, 1.54) is 0 Å². The molecule has 0 bridgehead atoms. The molecule has 34 heavy (non-hydrogen) atoms. The fraction of sp³-hybridized carbons (Fsp3) is 0.280. The smallest absolute Gasteiger partial charge is 0.439 e. The number of rotatable bonds is 9. The summed E-state index contributed by atoms with van der Waals surface area (Å²) in [5.74, 6) is 0.171. The summed E-state index contributed by atoms with van der Waals surface area (Å²) in [4.78, 5) is 28.6. The van der Waals surface area contributed by atoms with Crippen LogP contribution in [0.5, 0.6) is 0 Å². The third-order valence-corrected chi connectivity index (χ3v) is 5.46. The number of hydrogen-bond acceptors (Lipinski definition) is 7. The van der Waals surface area contributed by atoms with E-state index in [-0.39, 0.29) is 5.97 Å². The average molecular weight is 462 g/mol. The molecular formula is C25H27N5O4. The Morgan fingerprint density at radius 3 is 2.50 bits per heavy atom. The number of benzene rings is 2. The zero-order valence-electron chi connectivity index (χ0n) is 19.4. The summed E-state index contributed by atoms with van der Waals surface area (Å²) in [5, 5.41) is 8.12. The van der Waals surface area contributed by atoms with Crippen LogP contribution in [0.2, 0.25) is 0 Å². The van der Waals surface area contributed by atoms with Crippen LogP contribution in [0.15, 0.2) is 64.0 Å². The molecule has 0 spiro atoms. The molecule has 2 aromatic carbocycles. The summed E-state index contributed by atoms with van der Waals surface area (Å²) in [6, 6.07) is 15.9. The van der Waals surface area contributed by atoms with Crippen molar-refractivity contribution in [2.75, 3.05) is 18.1 Å². The van der Waals surface area contributed by atoms with Gasteiger partial charge < -0.3 is 9.64 Å². The summed E-state index contributed by atoms with van der Waals surface area (Å²) in [5.41, 5.74) is 4.24. The number of ether oxygens (including phenoxy) is 1. The Morgan fingerprint density at radius 1 is 1.12 bits per heavy atom. The summed E-state index contributed by atoms with van der Waals surface area (Å²) >= 11 is 0. The molecule has 0 aliphatic carbocycles. The molecule has 0 fully saturated rings. The topological polar surface area (TPSA) is 106 Å². The van der Waals surface area contributed by atoms with E-state index in [0.717, 1.165) is 41.0 Å². The first-order chi connectivity index (χ1) is 16.5. The molecule has 0 radical (unpaired) electrons. The molecule has 4 rings (SSSR count). The Bertz CT molecular complexity index is 1320. The Balaban J connectivity index is 1.61. The number of hydrogen-bond donors (Lipinski definition) is 1. The molecule has 9 heteroatoms. The number of carbonyl (C=O) groups is 1. The minimum atomic E-state index is -0.589. The lowest BCUT2D eigenvalue weighted by Crippen LogP contribution is -2.27. The number of carbonyl (C=O) groups excluding carboxylic acids is 1. The van der Waals surface area contributed by atoms with Crippen LogP contribution in [0.3, 0.4) is 0 Å². The second-order valence-corrected chi connectivity index (χ2v) is 7.83. The minimum Gasteiger partial charge on any atom is -0.462 e. The molecule has 176 valence electrons. The fourth-order valence-corrected chi connectivity index (χ4v) is 3.99. The summed E-state index contributed by atoms with van der Waals surface area (Å²) in [6.45, 7) is 5.57. The van der Waals surface area contributed by atoms with Gasteiger partial charge in [-0.25, -0.2) is 9.59 Å². The van der Waals surface area contributed by atoms with Crippen molar-refractivity contribution < 1.29 is 14.1 Å². The average Bonchev–Trinajstić information content (AvgIpc) is 3.45. The third kappa shape index (κ3) is 4.78. The molecule has 9 nitrogen and oxygen atoms in total. The van der Waals surface area contributed by atoms with Crippen molar-refractivity contribution in [3.05, 3.63) is 76.4 Å². The van der Waals surface area contributed by atoms with E-state index >= 15 is 0 Å². The van der Waals surface area contributed by atoms with Crippen molar-refractivity contribution in [1.29, 1.82) is 0 Å². The van der Waals surface area contributed by atoms with Gasteiger partial charge in [-0.3, -0.25) is 14.2 Å². The van der Waals surface area contributed by atoms with Crippen molar-refractivity contribution in [2.45, 2.75) is 26.8 Å². The van der Waals surface area contributed by atoms with Crippen LogP contribution in [0.1, 0.15) is 36.2 Å². The van der Waals surface area contributed by atoms with Gasteiger partial charge in [0.25, 0.3) is 0 Å². The number of anilines is 1. The number of aromatic amines is 1. The first-order valence-electron chi connectivity index (χ1n) is 11.2. The van der Waals surface area contributed by atoms with Crippen LogP contribution in [0.4, 0.5) is 5.82 Å². The Kier molecular flexibility index (Phi) is 6.91. The number of H-pyrrole nitrogens is 1. The molecule has 0 saturated carbocycles. The molecule has 0 saturated heterocycles. The molecule has 0 unspecified atom stereocenters. The maximum atomic E-state index is 12.5. The fourth-order valence-electron chi connectivity index (χ4n) is 3.99.